The predicted octanol–water partition coefficient (Wildman–Crippen LogP) is 2.23. The summed E-state index contributed by atoms with van der Waals surface area (Å²) >= 11 is 1.62. The van der Waals surface area contributed by atoms with E-state index in [0.29, 0.717) is 5.92 Å². The summed E-state index contributed by atoms with van der Waals surface area (Å²) in [7, 11) is 0. The number of nitrogens with one attached hydrogen (secondary N) is 1. The van der Waals surface area contributed by atoms with Gasteiger partial charge in [0.15, 0.2) is 0 Å². The minimum atomic E-state index is -0.0584. The first-order valence-corrected chi connectivity index (χ1v) is 8.75. The molecule has 2 aromatic rings. The van der Waals surface area contributed by atoms with Crippen LogP contribution in [0.1, 0.15) is 35.7 Å². The van der Waals surface area contributed by atoms with Crippen LogP contribution in [-0.2, 0) is 6.54 Å². The molecule has 23 heavy (non-hydrogen) atoms. The SMILES string of the molecule is Cc1cnc(C(C)NC(=O)N2CCCC(Cn3ccnn3)C2)s1. The molecule has 2 atom stereocenters. The summed E-state index contributed by atoms with van der Waals surface area (Å²) in [6, 6.07) is -0.0643. The van der Waals surface area contributed by atoms with Crippen molar-refractivity contribution in [2.75, 3.05) is 13.1 Å². The maximum absolute atomic E-state index is 12.5. The molecular weight excluding hydrogens is 312 g/mol. The topological polar surface area (TPSA) is 75.9 Å². The molecule has 1 saturated heterocycles. The van der Waals surface area contributed by atoms with Gasteiger partial charge in [-0.15, -0.1) is 16.4 Å². The van der Waals surface area contributed by atoms with E-state index in [2.05, 4.69) is 20.6 Å². The van der Waals surface area contributed by atoms with Crippen LogP contribution in [0, 0.1) is 12.8 Å². The van der Waals surface area contributed by atoms with Gasteiger partial charge in [-0.2, -0.15) is 0 Å². The Labute approximate surface area is 139 Å². The number of nitrogens with zero attached hydrogens (tertiary/aromatic N) is 5. The van der Waals surface area contributed by atoms with Crippen LogP contribution in [0.4, 0.5) is 4.79 Å². The van der Waals surface area contributed by atoms with E-state index in [9.17, 15) is 4.79 Å². The van der Waals surface area contributed by atoms with Gasteiger partial charge in [0.05, 0.1) is 12.2 Å². The predicted molar refractivity (Wildman–Crippen MR) is 88.1 cm³/mol. The van der Waals surface area contributed by atoms with Gasteiger partial charge in [-0.05, 0) is 32.6 Å². The van der Waals surface area contributed by atoms with Gasteiger partial charge in [0.25, 0.3) is 0 Å². The number of urea groups is 1. The summed E-state index contributed by atoms with van der Waals surface area (Å²) in [5.41, 5.74) is 0. The minimum absolute atomic E-state index is 0.00589. The molecule has 0 aromatic carbocycles. The van der Waals surface area contributed by atoms with E-state index in [1.807, 2.05) is 35.8 Å². The van der Waals surface area contributed by atoms with E-state index < -0.39 is 0 Å². The quantitative estimate of drug-likeness (QED) is 0.930. The Morgan fingerprint density at radius 1 is 1.57 bits per heavy atom. The summed E-state index contributed by atoms with van der Waals surface area (Å²) in [6.07, 6.45) is 7.54. The molecule has 2 unspecified atom stereocenters. The number of aryl methyl sites for hydroxylation is 1. The van der Waals surface area contributed by atoms with Gasteiger partial charge in [-0.25, -0.2) is 9.78 Å². The molecule has 1 aliphatic heterocycles. The Morgan fingerprint density at radius 2 is 2.43 bits per heavy atom. The second-order valence-electron chi connectivity index (χ2n) is 6.06. The molecule has 124 valence electrons. The monoisotopic (exact) mass is 334 g/mol. The fourth-order valence-corrected chi connectivity index (χ4v) is 3.68. The van der Waals surface area contributed by atoms with Crippen LogP contribution in [0.2, 0.25) is 0 Å². The smallest absolute Gasteiger partial charge is 0.317 e. The molecule has 8 heteroatoms. The van der Waals surface area contributed by atoms with Crippen molar-refractivity contribution in [2.24, 2.45) is 5.92 Å². The average molecular weight is 334 g/mol. The number of likely N-dealkylation sites (tertiary alicyclic amines) is 1. The normalized spacial score (nSPS) is 19.6. The average Bonchev–Trinajstić information content (AvgIpc) is 3.19. The van der Waals surface area contributed by atoms with Crippen molar-refractivity contribution in [3.63, 3.8) is 0 Å². The molecule has 0 aliphatic carbocycles. The van der Waals surface area contributed by atoms with E-state index in [1.54, 1.807) is 17.5 Å². The molecule has 0 radical (unpaired) electrons. The molecule has 3 heterocycles. The van der Waals surface area contributed by atoms with Gasteiger partial charge in [0.2, 0.25) is 0 Å². The van der Waals surface area contributed by atoms with Crippen LogP contribution in [0.3, 0.4) is 0 Å². The lowest BCUT2D eigenvalue weighted by Crippen LogP contribution is -2.46. The largest absolute Gasteiger partial charge is 0.329 e. The highest BCUT2D eigenvalue weighted by atomic mass is 32.1. The van der Waals surface area contributed by atoms with Crippen LogP contribution in [-0.4, -0.2) is 44.0 Å². The minimum Gasteiger partial charge on any atom is -0.329 e. The zero-order valence-corrected chi connectivity index (χ0v) is 14.3. The first-order chi connectivity index (χ1) is 11.1. The van der Waals surface area contributed by atoms with Gasteiger partial charge in [-0.1, -0.05) is 5.21 Å². The molecule has 0 saturated carbocycles. The van der Waals surface area contributed by atoms with Crippen molar-refractivity contribution in [1.82, 2.24) is 30.2 Å². The van der Waals surface area contributed by atoms with Crippen molar-refractivity contribution in [1.29, 1.82) is 0 Å². The Balaban J connectivity index is 1.54. The number of rotatable bonds is 4. The summed E-state index contributed by atoms with van der Waals surface area (Å²) in [6.45, 7) is 6.38. The highest BCUT2D eigenvalue weighted by Crippen LogP contribution is 2.21. The van der Waals surface area contributed by atoms with Crippen molar-refractivity contribution < 1.29 is 4.79 Å². The third-order valence-electron chi connectivity index (χ3n) is 4.07. The zero-order chi connectivity index (χ0) is 16.2. The molecular formula is C15H22N6OS. The maximum Gasteiger partial charge on any atom is 0.317 e. The van der Waals surface area contributed by atoms with E-state index in [4.69, 9.17) is 0 Å². The number of hydrogen-bond acceptors (Lipinski definition) is 5. The van der Waals surface area contributed by atoms with Crippen LogP contribution >= 0.6 is 11.3 Å². The summed E-state index contributed by atoms with van der Waals surface area (Å²) in [5, 5.41) is 11.9. The summed E-state index contributed by atoms with van der Waals surface area (Å²) < 4.78 is 1.84. The van der Waals surface area contributed by atoms with Crippen molar-refractivity contribution in [3.05, 3.63) is 28.5 Å². The molecule has 1 N–H and O–H groups in total. The van der Waals surface area contributed by atoms with E-state index >= 15 is 0 Å². The fourth-order valence-electron chi connectivity index (χ4n) is 2.90. The van der Waals surface area contributed by atoms with Gasteiger partial charge in [0.1, 0.15) is 5.01 Å². The number of carbonyl (C=O) groups excluding carboxylic acids is 1. The van der Waals surface area contributed by atoms with Crippen LogP contribution in [0.15, 0.2) is 18.6 Å². The second kappa shape index (κ2) is 7.08. The first-order valence-electron chi connectivity index (χ1n) is 7.93. The van der Waals surface area contributed by atoms with E-state index in [1.165, 1.54) is 0 Å². The highest BCUT2D eigenvalue weighted by Gasteiger charge is 2.25. The van der Waals surface area contributed by atoms with Gasteiger partial charge < -0.3 is 10.2 Å². The molecule has 0 spiro atoms. The van der Waals surface area contributed by atoms with Crippen molar-refractivity contribution in [3.8, 4) is 0 Å². The third kappa shape index (κ3) is 4.07. The Morgan fingerprint density at radius 3 is 3.13 bits per heavy atom. The first kappa shape index (κ1) is 15.9. The third-order valence-corrected chi connectivity index (χ3v) is 5.17. The lowest BCUT2D eigenvalue weighted by Gasteiger charge is -2.33. The number of thiazole rings is 1. The van der Waals surface area contributed by atoms with Crippen LogP contribution < -0.4 is 5.32 Å². The maximum atomic E-state index is 12.5. The molecule has 3 rings (SSSR count). The zero-order valence-electron chi connectivity index (χ0n) is 13.5. The van der Waals surface area contributed by atoms with E-state index in [0.717, 1.165) is 42.4 Å². The summed E-state index contributed by atoms with van der Waals surface area (Å²) in [5.74, 6) is 0.425. The number of carbonyl (C=O) groups is 1. The lowest BCUT2D eigenvalue weighted by molar-refractivity contribution is 0.155. The lowest BCUT2D eigenvalue weighted by atomic mass is 9.98. The molecule has 1 aliphatic rings. The molecule has 2 amide bonds. The number of aromatic nitrogens is 4. The molecule has 7 nitrogen and oxygen atoms in total. The van der Waals surface area contributed by atoms with Gasteiger partial charge >= 0.3 is 6.03 Å². The number of piperidine rings is 1. The van der Waals surface area contributed by atoms with Crippen molar-refractivity contribution in [2.45, 2.75) is 39.3 Å². The van der Waals surface area contributed by atoms with E-state index in [-0.39, 0.29) is 12.1 Å². The Hall–Kier alpha value is -1.96. The standard InChI is InChI=1S/C15H22N6OS/c1-11-8-16-14(23-11)12(2)18-15(22)20-6-3-4-13(9-20)10-21-7-5-17-19-21/h5,7-8,12-13H,3-4,6,9-10H2,1-2H3,(H,18,22). The molecule has 2 aromatic heterocycles. The Bertz CT molecular complexity index is 640. The van der Waals surface area contributed by atoms with Crippen LogP contribution in [0.5, 0.6) is 0 Å². The van der Waals surface area contributed by atoms with Gasteiger partial charge in [-0.3, -0.25) is 4.68 Å². The number of hydrogen-bond donors (Lipinski definition) is 1. The van der Waals surface area contributed by atoms with Gasteiger partial charge in [0, 0.05) is 36.9 Å². The second-order valence-corrected chi connectivity index (χ2v) is 7.33. The number of amides is 2. The summed E-state index contributed by atoms with van der Waals surface area (Å²) in [4.78, 5) is 19.9. The highest BCUT2D eigenvalue weighted by molar-refractivity contribution is 7.11. The fraction of sp³-hybridized carbons (Fsp3) is 0.600. The molecule has 0 bridgehead atoms. The van der Waals surface area contributed by atoms with Crippen molar-refractivity contribution >= 4 is 17.4 Å². The Kier molecular flexibility index (Phi) is 4.90. The molecule has 1 fully saturated rings. The van der Waals surface area contributed by atoms with Crippen LogP contribution in [0.25, 0.3) is 0 Å².